The van der Waals surface area contributed by atoms with Crippen LogP contribution in [0.3, 0.4) is 0 Å². The molecule has 1 aliphatic heterocycles. The van der Waals surface area contributed by atoms with Crippen molar-refractivity contribution in [3.63, 3.8) is 0 Å². The van der Waals surface area contributed by atoms with Gasteiger partial charge in [0.1, 0.15) is 11.5 Å². The molecule has 0 aromatic heterocycles. The van der Waals surface area contributed by atoms with E-state index in [1.807, 2.05) is 60.8 Å². The van der Waals surface area contributed by atoms with E-state index < -0.39 is 0 Å². The zero-order valence-electron chi connectivity index (χ0n) is 17.7. The zero-order chi connectivity index (χ0) is 21.9. The highest BCUT2D eigenvalue weighted by Crippen LogP contribution is 2.45. The molecule has 0 N–H and O–H groups in total. The van der Waals surface area contributed by atoms with E-state index >= 15 is 0 Å². The maximum absolute atomic E-state index is 6.50. The number of fused-ring (bicyclic) bond motifs is 1. The van der Waals surface area contributed by atoms with Crippen molar-refractivity contribution in [2.45, 2.75) is 12.8 Å². The van der Waals surface area contributed by atoms with E-state index in [0.717, 1.165) is 38.4 Å². The number of aryl methyl sites for hydroxylation is 1. The van der Waals surface area contributed by atoms with Crippen LogP contribution in [0.15, 0.2) is 118 Å². The Labute approximate surface area is 197 Å². The van der Waals surface area contributed by atoms with Gasteiger partial charge in [-0.3, -0.25) is 4.99 Å². The van der Waals surface area contributed by atoms with Gasteiger partial charge in [0.15, 0.2) is 0 Å². The van der Waals surface area contributed by atoms with Gasteiger partial charge in [-0.05, 0) is 46.6 Å². The molecule has 4 aromatic carbocycles. The van der Waals surface area contributed by atoms with Crippen molar-refractivity contribution in [2.24, 2.45) is 4.99 Å². The Morgan fingerprint density at radius 2 is 1.47 bits per heavy atom. The average molecular weight is 480 g/mol. The maximum atomic E-state index is 6.50. The van der Waals surface area contributed by atoms with Crippen molar-refractivity contribution in [3.8, 4) is 5.75 Å². The molecule has 4 aromatic rings. The Hall–Kier alpha value is -3.43. The van der Waals surface area contributed by atoms with Crippen LogP contribution >= 0.6 is 15.9 Å². The maximum Gasteiger partial charge on any atom is 0.140 e. The normalized spacial score (nSPS) is 15.5. The summed E-state index contributed by atoms with van der Waals surface area (Å²) in [5.41, 5.74) is 6.55. The fourth-order valence-corrected chi connectivity index (χ4v) is 4.43. The smallest absolute Gasteiger partial charge is 0.140 e. The summed E-state index contributed by atoms with van der Waals surface area (Å²) in [5.74, 6) is 1.74. The second-order valence-electron chi connectivity index (χ2n) is 7.84. The van der Waals surface area contributed by atoms with Crippen molar-refractivity contribution >= 4 is 33.6 Å². The zero-order valence-corrected chi connectivity index (χ0v) is 19.3. The highest BCUT2D eigenvalue weighted by molar-refractivity contribution is 9.10. The van der Waals surface area contributed by atoms with E-state index in [1.54, 1.807) is 0 Å². The van der Waals surface area contributed by atoms with Gasteiger partial charge in [0.05, 0.1) is 5.69 Å². The van der Waals surface area contributed by atoms with Crippen molar-refractivity contribution in [3.05, 3.63) is 135 Å². The second-order valence-corrected chi connectivity index (χ2v) is 8.70. The lowest BCUT2D eigenvalue weighted by Gasteiger charge is -2.30. The first kappa shape index (κ1) is 20.5. The summed E-state index contributed by atoms with van der Waals surface area (Å²) in [6, 6.07) is 35.3. The minimum absolute atomic E-state index is 0.0157. The van der Waals surface area contributed by atoms with Gasteiger partial charge < -0.3 is 4.74 Å². The molecule has 32 heavy (non-hydrogen) atoms. The predicted molar refractivity (Wildman–Crippen MR) is 136 cm³/mol. The van der Waals surface area contributed by atoms with Crippen molar-refractivity contribution in [1.29, 1.82) is 0 Å². The Bertz CT molecular complexity index is 1310. The van der Waals surface area contributed by atoms with Gasteiger partial charge >= 0.3 is 0 Å². The van der Waals surface area contributed by atoms with Crippen molar-refractivity contribution in [1.82, 2.24) is 0 Å². The third kappa shape index (κ3) is 4.04. The number of benzene rings is 4. The minimum Gasteiger partial charge on any atom is -0.456 e. The van der Waals surface area contributed by atoms with Crippen LogP contribution < -0.4 is 4.74 Å². The lowest BCUT2D eigenvalue weighted by atomic mass is 9.81. The van der Waals surface area contributed by atoms with Gasteiger partial charge in [0, 0.05) is 33.3 Å². The van der Waals surface area contributed by atoms with Crippen LogP contribution in [0, 0.1) is 6.92 Å². The summed E-state index contributed by atoms with van der Waals surface area (Å²) in [6.45, 7) is 2.11. The summed E-state index contributed by atoms with van der Waals surface area (Å²) >= 11 is 3.61. The molecule has 1 atom stereocenters. The fraction of sp³-hybridized carbons (Fsp3) is 0.0690. The van der Waals surface area contributed by atoms with E-state index in [2.05, 4.69) is 71.4 Å². The predicted octanol–water partition coefficient (Wildman–Crippen LogP) is 8.10. The van der Waals surface area contributed by atoms with E-state index in [1.165, 1.54) is 11.1 Å². The molecule has 0 fully saturated rings. The quantitative estimate of drug-likeness (QED) is 0.271. The molecule has 0 amide bonds. The number of allylic oxidation sites excluding steroid dienone is 1. The number of nitrogens with zero attached hydrogens (tertiary/aromatic N) is 1. The molecule has 2 nitrogen and oxygen atoms in total. The summed E-state index contributed by atoms with van der Waals surface area (Å²) in [5, 5.41) is 0. The molecule has 1 heterocycles. The average Bonchev–Trinajstić information content (AvgIpc) is 2.84. The lowest BCUT2D eigenvalue weighted by Crippen LogP contribution is -2.17. The molecular formula is C29H22BrNO. The van der Waals surface area contributed by atoms with Gasteiger partial charge in [-0.2, -0.15) is 0 Å². The van der Waals surface area contributed by atoms with Gasteiger partial charge in [0.2, 0.25) is 0 Å². The van der Waals surface area contributed by atoms with Crippen LogP contribution in [0.1, 0.15) is 28.2 Å². The van der Waals surface area contributed by atoms with Crippen LogP contribution in [-0.4, -0.2) is 6.21 Å². The molecule has 0 saturated carbocycles. The first-order valence-electron chi connectivity index (χ1n) is 10.6. The Kier molecular flexibility index (Phi) is 5.74. The SMILES string of the molecule is Cc1ccc([C@H]2C(C=Nc3ccccc3Br)=C(c3ccccc3)Oc3ccccc32)cc1. The molecule has 156 valence electrons. The Morgan fingerprint density at radius 3 is 2.25 bits per heavy atom. The highest BCUT2D eigenvalue weighted by Gasteiger charge is 2.30. The van der Waals surface area contributed by atoms with Crippen molar-refractivity contribution in [2.75, 3.05) is 0 Å². The largest absolute Gasteiger partial charge is 0.456 e. The standard InChI is InChI=1S/C29H22BrNO/c1-20-15-17-21(18-16-20)28-23-11-5-8-14-27(23)32-29(22-9-3-2-4-10-22)24(28)19-31-26-13-7-6-12-25(26)30/h2-19,28H,1H3/t28-/m1/s1. The molecule has 3 heteroatoms. The van der Waals surface area contributed by atoms with E-state index in [-0.39, 0.29) is 5.92 Å². The first-order valence-corrected chi connectivity index (χ1v) is 11.4. The molecule has 0 spiro atoms. The molecular weight excluding hydrogens is 458 g/mol. The van der Waals surface area contributed by atoms with Gasteiger partial charge in [-0.1, -0.05) is 90.5 Å². The number of ether oxygens (including phenoxy) is 1. The molecule has 5 rings (SSSR count). The van der Waals surface area contributed by atoms with Crippen LogP contribution in [0.5, 0.6) is 5.75 Å². The molecule has 0 unspecified atom stereocenters. The highest BCUT2D eigenvalue weighted by atomic mass is 79.9. The van der Waals surface area contributed by atoms with Gasteiger partial charge in [0.25, 0.3) is 0 Å². The van der Waals surface area contributed by atoms with Gasteiger partial charge in [-0.15, -0.1) is 0 Å². The third-order valence-electron chi connectivity index (χ3n) is 5.66. The number of hydrogen-bond acceptors (Lipinski definition) is 2. The molecule has 0 bridgehead atoms. The number of aliphatic imine (C=N–C) groups is 1. The number of halogens is 1. The van der Waals surface area contributed by atoms with E-state index in [0.29, 0.717) is 0 Å². The topological polar surface area (TPSA) is 21.6 Å². The van der Waals surface area contributed by atoms with Gasteiger partial charge in [-0.25, -0.2) is 0 Å². The van der Waals surface area contributed by atoms with E-state index in [4.69, 9.17) is 9.73 Å². The molecule has 0 radical (unpaired) electrons. The Balaban J connectivity index is 1.74. The fourth-order valence-electron chi connectivity index (χ4n) is 4.04. The number of para-hydroxylation sites is 2. The molecule has 1 aliphatic rings. The van der Waals surface area contributed by atoms with Crippen molar-refractivity contribution < 1.29 is 4.74 Å². The molecule has 0 saturated heterocycles. The lowest BCUT2D eigenvalue weighted by molar-refractivity contribution is 0.489. The second kappa shape index (κ2) is 8.97. The van der Waals surface area contributed by atoms with Crippen LogP contribution in [0.2, 0.25) is 0 Å². The van der Waals surface area contributed by atoms with E-state index in [9.17, 15) is 0 Å². The number of rotatable bonds is 4. The summed E-state index contributed by atoms with van der Waals surface area (Å²) in [4.78, 5) is 4.86. The Morgan fingerprint density at radius 1 is 0.781 bits per heavy atom. The monoisotopic (exact) mass is 479 g/mol. The summed E-state index contributed by atoms with van der Waals surface area (Å²) < 4.78 is 7.46. The first-order chi connectivity index (χ1) is 15.7. The van der Waals surface area contributed by atoms with Crippen LogP contribution in [-0.2, 0) is 0 Å². The van der Waals surface area contributed by atoms with Crippen LogP contribution in [0.4, 0.5) is 5.69 Å². The number of hydrogen-bond donors (Lipinski definition) is 0. The summed E-state index contributed by atoms with van der Waals surface area (Å²) in [7, 11) is 0. The minimum atomic E-state index is 0.0157. The molecule has 0 aliphatic carbocycles. The third-order valence-corrected chi connectivity index (χ3v) is 6.33. The summed E-state index contributed by atoms with van der Waals surface area (Å²) in [6.07, 6.45) is 1.96. The van der Waals surface area contributed by atoms with Crippen LogP contribution in [0.25, 0.3) is 5.76 Å².